The highest BCUT2D eigenvalue weighted by Gasteiger charge is 2.39. The Bertz CT molecular complexity index is 653. The topological polar surface area (TPSA) is 95.7 Å². The number of hydrogen-bond donors (Lipinski definition) is 0. The molecule has 0 aliphatic rings. The number of aryl methyl sites for hydroxylation is 1. The van der Waals surface area contributed by atoms with Crippen molar-refractivity contribution < 1.29 is 24.0 Å². The van der Waals surface area contributed by atoms with Crippen LogP contribution in [0, 0.1) is 40.7 Å². The molecule has 1 aromatic carbocycles. The van der Waals surface area contributed by atoms with Crippen molar-refractivity contribution in [2.75, 3.05) is 19.8 Å². The Labute approximate surface area is 146 Å². The maximum absolute atomic E-state index is 12.1. The molecule has 0 fully saturated rings. The molecule has 1 unspecified atom stereocenters. The number of esters is 2. The van der Waals surface area contributed by atoms with Crippen LogP contribution in [0.2, 0.25) is 0 Å². The van der Waals surface area contributed by atoms with Gasteiger partial charge >= 0.3 is 11.9 Å². The minimum Gasteiger partial charge on any atom is -0.465 e. The Morgan fingerprint density at radius 1 is 1.12 bits per heavy atom. The molecular weight excluding hydrogens is 326 g/mol. The van der Waals surface area contributed by atoms with Gasteiger partial charge in [-0.05, 0) is 32.9 Å². The Morgan fingerprint density at radius 3 is 2.08 bits per heavy atom. The number of benzene rings is 1. The van der Waals surface area contributed by atoms with E-state index in [4.69, 9.17) is 9.47 Å². The lowest BCUT2D eigenvalue weighted by Crippen LogP contribution is -2.37. The van der Waals surface area contributed by atoms with Crippen LogP contribution in [0.15, 0.2) is 24.3 Å². The van der Waals surface area contributed by atoms with Crippen LogP contribution in [0.25, 0.3) is 0 Å². The average molecular weight is 347 g/mol. The van der Waals surface area contributed by atoms with Crippen LogP contribution in [-0.4, -0.2) is 36.6 Å². The number of nitrogens with zero attached hydrogens (tertiary/aromatic N) is 1. The first-order valence-corrected chi connectivity index (χ1v) is 7.92. The van der Waals surface area contributed by atoms with E-state index in [9.17, 15) is 19.7 Å². The molecule has 0 aliphatic heterocycles. The lowest BCUT2D eigenvalue weighted by molar-refractivity contribution is -0.486. The van der Waals surface area contributed by atoms with Crippen molar-refractivity contribution in [2.24, 2.45) is 11.8 Å². The largest absolute Gasteiger partial charge is 0.465 e. The van der Waals surface area contributed by atoms with Gasteiger partial charge in [0.15, 0.2) is 5.92 Å². The Balaban J connectivity index is 3.18. The van der Waals surface area contributed by atoms with Crippen LogP contribution >= 0.6 is 0 Å². The maximum Gasteiger partial charge on any atom is 0.321 e. The van der Waals surface area contributed by atoms with Gasteiger partial charge < -0.3 is 9.47 Å². The standard InChI is InChI=1S/C18H21NO6/c1-4-24-17(20)16(18(21)25-5-2)15(12-19(22)23)11-10-14-8-6-13(3)7-9-14/h6-9,15-16H,4-5,12H2,1-3H3. The zero-order chi connectivity index (χ0) is 18.8. The van der Waals surface area contributed by atoms with Gasteiger partial charge in [-0.1, -0.05) is 29.5 Å². The molecule has 0 heterocycles. The van der Waals surface area contributed by atoms with Crippen molar-refractivity contribution >= 4 is 11.9 Å². The molecule has 0 aliphatic carbocycles. The number of ether oxygens (including phenoxy) is 2. The molecule has 0 amide bonds. The summed E-state index contributed by atoms with van der Waals surface area (Å²) in [5.41, 5.74) is 1.67. The molecule has 7 heteroatoms. The highest BCUT2D eigenvalue weighted by molar-refractivity contribution is 5.95. The van der Waals surface area contributed by atoms with E-state index >= 15 is 0 Å². The quantitative estimate of drug-likeness (QED) is 0.246. The molecule has 1 atom stereocenters. The zero-order valence-corrected chi connectivity index (χ0v) is 14.5. The van der Waals surface area contributed by atoms with Crippen molar-refractivity contribution in [1.29, 1.82) is 0 Å². The van der Waals surface area contributed by atoms with Crippen molar-refractivity contribution in [3.63, 3.8) is 0 Å². The first-order chi connectivity index (χ1) is 11.9. The van der Waals surface area contributed by atoms with Crippen LogP contribution in [0.5, 0.6) is 0 Å². The molecule has 1 rings (SSSR count). The molecule has 0 bridgehead atoms. The second-order valence-corrected chi connectivity index (χ2v) is 5.24. The fourth-order valence-corrected chi connectivity index (χ4v) is 2.10. The van der Waals surface area contributed by atoms with Gasteiger partial charge in [-0.3, -0.25) is 19.7 Å². The molecule has 0 spiro atoms. The van der Waals surface area contributed by atoms with Crippen molar-refractivity contribution in [2.45, 2.75) is 20.8 Å². The van der Waals surface area contributed by atoms with E-state index in [-0.39, 0.29) is 13.2 Å². The predicted molar refractivity (Wildman–Crippen MR) is 90.2 cm³/mol. The number of nitro groups is 1. The number of rotatable bonds is 7. The molecule has 0 saturated carbocycles. The van der Waals surface area contributed by atoms with Gasteiger partial charge in [-0.15, -0.1) is 0 Å². The molecular formula is C18H21NO6. The molecule has 7 nitrogen and oxygen atoms in total. The van der Waals surface area contributed by atoms with E-state index in [1.807, 2.05) is 19.1 Å². The van der Waals surface area contributed by atoms with E-state index in [0.29, 0.717) is 5.56 Å². The van der Waals surface area contributed by atoms with E-state index in [2.05, 4.69) is 11.8 Å². The summed E-state index contributed by atoms with van der Waals surface area (Å²) in [4.78, 5) is 34.6. The number of carbonyl (C=O) groups is 2. The van der Waals surface area contributed by atoms with Crippen LogP contribution in [-0.2, 0) is 19.1 Å². The van der Waals surface area contributed by atoms with E-state index < -0.39 is 35.2 Å². The second kappa shape index (κ2) is 10.1. The fraction of sp³-hybridized carbons (Fsp3) is 0.444. The smallest absolute Gasteiger partial charge is 0.321 e. The Kier molecular flexibility index (Phi) is 8.13. The number of hydrogen-bond acceptors (Lipinski definition) is 6. The van der Waals surface area contributed by atoms with Gasteiger partial charge in [0.25, 0.3) is 0 Å². The van der Waals surface area contributed by atoms with Gasteiger partial charge in [0.05, 0.1) is 13.2 Å². The minimum absolute atomic E-state index is 0.0469. The van der Waals surface area contributed by atoms with Crippen molar-refractivity contribution in [1.82, 2.24) is 0 Å². The second-order valence-electron chi connectivity index (χ2n) is 5.24. The van der Waals surface area contributed by atoms with Gasteiger partial charge in [0, 0.05) is 10.5 Å². The van der Waals surface area contributed by atoms with Crippen molar-refractivity contribution in [3.8, 4) is 11.8 Å². The third-order valence-electron chi connectivity index (χ3n) is 3.28. The molecule has 0 N–H and O–H groups in total. The molecule has 134 valence electrons. The van der Waals surface area contributed by atoms with Crippen LogP contribution in [0.3, 0.4) is 0 Å². The van der Waals surface area contributed by atoms with E-state index in [1.54, 1.807) is 26.0 Å². The fourth-order valence-electron chi connectivity index (χ4n) is 2.10. The van der Waals surface area contributed by atoms with E-state index in [0.717, 1.165) is 5.56 Å². The van der Waals surface area contributed by atoms with Gasteiger partial charge in [-0.2, -0.15) is 0 Å². The van der Waals surface area contributed by atoms with Gasteiger partial charge in [-0.25, -0.2) is 0 Å². The summed E-state index contributed by atoms with van der Waals surface area (Å²) in [5, 5.41) is 11.0. The normalized spacial score (nSPS) is 11.2. The Hall–Kier alpha value is -2.88. The highest BCUT2D eigenvalue weighted by atomic mass is 16.6. The average Bonchev–Trinajstić information content (AvgIpc) is 2.54. The lowest BCUT2D eigenvalue weighted by atomic mass is 9.92. The monoisotopic (exact) mass is 347 g/mol. The Morgan fingerprint density at radius 2 is 1.64 bits per heavy atom. The first-order valence-electron chi connectivity index (χ1n) is 7.92. The van der Waals surface area contributed by atoms with Crippen molar-refractivity contribution in [3.05, 3.63) is 45.5 Å². The molecule has 0 aromatic heterocycles. The van der Waals surface area contributed by atoms with Crippen LogP contribution in [0.4, 0.5) is 0 Å². The van der Waals surface area contributed by atoms with E-state index in [1.165, 1.54) is 0 Å². The summed E-state index contributed by atoms with van der Waals surface area (Å²) in [6.45, 7) is 4.52. The summed E-state index contributed by atoms with van der Waals surface area (Å²) < 4.78 is 9.74. The zero-order valence-electron chi connectivity index (χ0n) is 14.5. The highest BCUT2D eigenvalue weighted by Crippen LogP contribution is 2.17. The summed E-state index contributed by atoms with van der Waals surface area (Å²) in [6.07, 6.45) is 0. The van der Waals surface area contributed by atoms with Crippen LogP contribution < -0.4 is 0 Å². The lowest BCUT2D eigenvalue weighted by Gasteiger charge is -2.17. The molecule has 0 saturated heterocycles. The number of carbonyl (C=O) groups excluding carboxylic acids is 2. The first kappa shape index (κ1) is 20.2. The van der Waals surface area contributed by atoms with Gasteiger partial charge in [0.1, 0.15) is 5.92 Å². The summed E-state index contributed by atoms with van der Waals surface area (Å²) in [5.74, 6) is 1.12. The summed E-state index contributed by atoms with van der Waals surface area (Å²) >= 11 is 0. The van der Waals surface area contributed by atoms with Crippen LogP contribution in [0.1, 0.15) is 25.0 Å². The third-order valence-corrected chi connectivity index (χ3v) is 3.28. The molecule has 0 radical (unpaired) electrons. The third kappa shape index (κ3) is 6.63. The maximum atomic E-state index is 12.1. The molecule has 1 aromatic rings. The minimum atomic E-state index is -1.46. The SMILES string of the molecule is CCOC(=O)C(C(=O)OCC)C(C#Cc1ccc(C)cc1)C[N+](=O)[O-]. The summed E-state index contributed by atoms with van der Waals surface area (Å²) in [7, 11) is 0. The van der Waals surface area contributed by atoms with Gasteiger partial charge in [0.2, 0.25) is 6.54 Å². The summed E-state index contributed by atoms with van der Waals surface area (Å²) in [6, 6.07) is 7.21. The predicted octanol–water partition coefficient (Wildman–Crippen LogP) is 1.98. The molecule has 25 heavy (non-hydrogen) atoms.